The van der Waals surface area contributed by atoms with Crippen molar-refractivity contribution in [2.75, 3.05) is 26.3 Å². The maximum absolute atomic E-state index is 12.9. The summed E-state index contributed by atoms with van der Waals surface area (Å²) in [6, 6.07) is 10.7. The van der Waals surface area contributed by atoms with E-state index in [1.54, 1.807) is 49.6 Å². The van der Waals surface area contributed by atoms with Gasteiger partial charge in [-0.2, -0.15) is 17.4 Å². The van der Waals surface area contributed by atoms with E-state index in [0.717, 1.165) is 9.87 Å². The highest BCUT2D eigenvalue weighted by Crippen LogP contribution is 2.35. The van der Waals surface area contributed by atoms with Gasteiger partial charge in [-0.3, -0.25) is 4.79 Å². The number of methoxy groups -OCH3 is 1. The number of rotatable bonds is 4. The lowest BCUT2D eigenvalue weighted by atomic mass is 9.99. The number of nitrogens with zero attached hydrogens (tertiary/aromatic N) is 1. The van der Waals surface area contributed by atoms with Gasteiger partial charge in [0.2, 0.25) is 12.7 Å². The largest absolute Gasteiger partial charge is 0.497 e. The molecule has 9 nitrogen and oxygen atoms in total. The number of benzene rings is 2. The molecule has 10 heteroatoms. The number of amides is 1. The minimum Gasteiger partial charge on any atom is -0.497 e. The number of likely N-dealkylation sites (N-methyl/N-ethyl adjacent to an activating group) is 1. The summed E-state index contributed by atoms with van der Waals surface area (Å²) in [5.41, 5.74) is 1.23. The standard InChI is InChI=1S/C19H21N3O6S/c1-22-16(19(23)20-13-6-7-17-18(9-13)28-11-27-17)10-15(21-29(22,24)25)12-4-3-5-14(8-12)26-2/h3-9,15-16,21H,10-11H2,1-2H3,(H,20,23)/t15-,16+/m0/s1. The molecule has 4 rings (SSSR count). The third kappa shape index (κ3) is 3.86. The highest BCUT2D eigenvalue weighted by atomic mass is 32.2. The van der Waals surface area contributed by atoms with Crippen LogP contribution in [-0.2, 0) is 15.0 Å². The first-order valence-electron chi connectivity index (χ1n) is 8.97. The fourth-order valence-corrected chi connectivity index (χ4v) is 4.66. The molecule has 1 saturated heterocycles. The molecule has 0 unspecified atom stereocenters. The van der Waals surface area contributed by atoms with Crippen LogP contribution in [0.3, 0.4) is 0 Å². The highest BCUT2D eigenvalue weighted by Gasteiger charge is 2.40. The monoisotopic (exact) mass is 419 g/mol. The summed E-state index contributed by atoms with van der Waals surface area (Å²) in [5, 5.41) is 2.77. The van der Waals surface area contributed by atoms with Gasteiger partial charge >= 0.3 is 0 Å². The molecular weight excluding hydrogens is 398 g/mol. The van der Waals surface area contributed by atoms with Crippen LogP contribution in [0.5, 0.6) is 17.2 Å². The number of carbonyl (C=O) groups is 1. The zero-order valence-corrected chi connectivity index (χ0v) is 16.7. The molecule has 0 aliphatic carbocycles. The zero-order valence-electron chi connectivity index (χ0n) is 15.9. The number of hydrogen-bond donors (Lipinski definition) is 2. The Kier molecular flexibility index (Phi) is 5.07. The quantitative estimate of drug-likeness (QED) is 0.781. The van der Waals surface area contributed by atoms with E-state index < -0.39 is 28.2 Å². The minimum absolute atomic E-state index is 0.129. The Labute approximate surface area is 168 Å². The van der Waals surface area contributed by atoms with Gasteiger partial charge in [0.1, 0.15) is 11.8 Å². The predicted molar refractivity (Wildman–Crippen MR) is 105 cm³/mol. The summed E-state index contributed by atoms with van der Waals surface area (Å²) in [7, 11) is -0.913. The van der Waals surface area contributed by atoms with Gasteiger partial charge in [0.25, 0.3) is 10.2 Å². The molecule has 29 heavy (non-hydrogen) atoms. The SMILES string of the molecule is COc1cccc([C@@H]2C[C@H](C(=O)Nc3ccc4c(c3)OCO4)N(C)S(=O)(=O)N2)c1. The van der Waals surface area contributed by atoms with Gasteiger partial charge in [0, 0.05) is 18.8 Å². The van der Waals surface area contributed by atoms with E-state index in [2.05, 4.69) is 10.0 Å². The maximum atomic E-state index is 12.9. The number of nitrogens with one attached hydrogen (secondary N) is 2. The van der Waals surface area contributed by atoms with Crippen LogP contribution in [0.2, 0.25) is 0 Å². The second kappa shape index (κ2) is 7.54. The smallest absolute Gasteiger partial charge is 0.280 e. The number of hydrogen-bond acceptors (Lipinski definition) is 6. The second-order valence-corrected chi connectivity index (χ2v) is 8.54. The molecule has 1 fully saturated rings. The van der Waals surface area contributed by atoms with Crippen LogP contribution in [0, 0.1) is 0 Å². The molecule has 2 aromatic rings. The van der Waals surface area contributed by atoms with Gasteiger partial charge in [0.05, 0.1) is 13.2 Å². The molecule has 2 heterocycles. The van der Waals surface area contributed by atoms with Crippen LogP contribution in [-0.4, -0.2) is 45.6 Å². The fraction of sp³-hybridized carbons (Fsp3) is 0.316. The maximum Gasteiger partial charge on any atom is 0.280 e. The van der Waals surface area contributed by atoms with Crippen molar-refractivity contribution in [2.24, 2.45) is 0 Å². The van der Waals surface area contributed by atoms with Crippen molar-refractivity contribution in [1.82, 2.24) is 9.03 Å². The Morgan fingerprint density at radius 2 is 2.00 bits per heavy atom. The van der Waals surface area contributed by atoms with E-state index >= 15 is 0 Å². The van der Waals surface area contributed by atoms with Gasteiger partial charge in [-0.15, -0.1) is 0 Å². The molecule has 0 aromatic heterocycles. The van der Waals surface area contributed by atoms with E-state index in [1.807, 2.05) is 0 Å². The summed E-state index contributed by atoms with van der Waals surface area (Å²) < 4.78 is 44.7. The van der Waals surface area contributed by atoms with Gasteiger partial charge in [0.15, 0.2) is 11.5 Å². The molecule has 0 saturated carbocycles. The van der Waals surface area contributed by atoms with Gasteiger partial charge in [-0.25, -0.2) is 0 Å². The molecule has 2 aliphatic rings. The molecule has 0 radical (unpaired) electrons. The van der Waals surface area contributed by atoms with Crippen LogP contribution in [0.15, 0.2) is 42.5 Å². The van der Waals surface area contributed by atoms with Crippen molar-refractivity contribution >= 4 is 21.8 Å². The van der Waals surface area contributed by atoms with Crippen LogP contribution in [0.1, 0.15) is 18.0 Å². The molecule has 154 valence electrons. The number of carbonyl (C=O) groups excluding carboxylic acids is 1. The normalized spacial score (nSPS) is 22.8. The Hall–Kier alpha value is -2.82. The van der Waals surface area contributed by atoms with E-state index in [-0.39, 0.29) is 13.2 Å². The Morgan fingerprint density at radius 3 is 2.79 bits per heavy atom. The first-order chi connectivity index (χ1) is 13.9. The van der Waals surface area contributed by atoms with Crippen molar-refractivity contribution in [2.45, 2.75) is 18.5 Å². The van der Waals surface area contributed by atoms with Gasteiger partial charge in [-0.1, -0.05) is 12.1 Å². The van der Waals surface area contributed by atoms with Crippen molar-refractivity contribution in [3.8, 4) is 17.2 Å². The van der Waals surface area contributed by atoms with E-state index in [0.29, 0.717) is 22.9 Å². The lowest BCUT2D eigenvalue weighted by Crippen LogP contribution is -2.55. The summed E-state index contributed by atoms with van der Waals surface area (Å²) in [4.78, 5) is 12.9. The van der Waals surface area contributed by atoms with E-state index in [1.165, 1.54) is 7.05 Å². The first kappa shape index (κ1) is 19.5. The Bertz CT molecular complexity index is 1040. The van der Waals surface area contributed by atoms with Crippen molar-refractivity contribution in [3.05, 3.63) is 48.0 Å². The molecule has 2 aromatic carbocycles. The fourth-order valence-electron chi connectivity index (χ4n) is 3.38. The lowest BCUT2D eigenvalue weighted by Gasteiger charge is -2.36. The molecule has 2 atom stereocenters. The predicted octanol–water partition coefficient (Wildman–Crippen LogP) is 1.64. The van der Waals surface area contributed by atoms with Gasteiger partial charge in [-0.05, 0) is 36.2 Å². The molecule has 0 spiro atoms. The summed E-state index contributed by atoms with van der Waals surface area (Å²) in [6.07, 6.45) is 0.263. The van der Waals surface area contributed by atoms with E-state index in [9.17, 15) is 13.2 Å². The summed E-state index contributed by atoms with van der Waals surface area (Å²) in [6.45, 7) is 0.129. The third-order valence-corrected chi connectivity index (χ3v) is 6.60. The average Bonchev–Trinajstić information content (AvgIpc) is 3.17. The molecule has 2 aliphatic heterocycles. The lowest BCUT2D eigenvalue weighted by molar-refractivity contribution is -0.120. The Morgan fingerprint density at radius 1 is 1.21 bits per heavy atom. The molecular formula is C19H21N3O6S. The number of ether oxygens (including phenoxy) is 3. The topological polar surface area (TPSA) is 106 Å². The van der Waals surface area contributed by atoms with Crippen LogP contribution >= 0.6 is 0 Å². The van der Waals surface area contributed by atoms with E-state index in [4.69, 9.17) is 14.2 Å². The zero-order chi connectivity index (χ0) is 20.6. The average molecular weight is 419 g/mol. The number of anilines is 1. The van der Waals surface area contributed by atoms with Crippen LogP contribution < -0.4 is 24.2 Å². The van der Waals surface area contributed by atoms with Crippen LogP contribution in [0.4, 0.5) is 5.69 Å². The molecule has 2 N–H and O–H groups in total. The number of fused-ring (bicyclic) bond motifs is 1. The molecule has 0 bridgehead atoms. The van der Waals surface area contributed by atoms with Crippen molar-refractivity contribution in [1.29, 1.82) is 0 Å². The summed E-state index contributed by atoms with van der Waals surface area (Å²) >= 11 is 0. The highest BCUT2D eigenvalue weighted by molar-refractivity contribution is 7.87. The third-order valence-electron chi connectivity index (χ3n) is 5.01. The first-order valence-corrected chi connectivity index (χ1v) is 10.4. The molecule has 1 amide bonds. The summed E-state index contributed by atoms with van der Waals surface area (Å²) in [5.74, 6) is 1.32. The van der Waals surface area contributed by atoms with Gasteiger partial charge < -0.3 is 19.5 Å². The van der Waals surface area contributed by atoms with Crippen molar-refractivity contribution < 1.29 is 27.4 Å². The van der Waals surface area contributed by atoms with Crippen LogP contribution in [0.25, 0.3) is 0 Å². The Balaban J connectivity index is 1.56. The second-order valence-electron chi connectivity index (χ2n) is 6.78. The minimum atomic E-state index is -3.84. The van der Waals surface area contributed by atoms with Crippen molar-refractivity contribution in [3.63, 3.8) is 0 Å².